The van der Waals surface area contributed by atoms with Crippen LogP contribution in [0.5, 0.6) is 5.75 Å². The number of thioether (sulfide) groups is 1. The molecule has 0 aromatic heterocycles. The van der Waals surface area contributed by atoms with Crippen molar-refractivity contribution in [3.05, 3.63) is 29.8 Å². The average molecular weight is 268 g/mol. The second kappa shape index (κ2) is 8.40. The molecule has 0 aliphatic carbocycles. The minimum absolute atomic E-state index is 0.579. The van der Waals surface area contributed by atoms with Crippen molar-refractivity contribution >= 4 is 11.8 Å². The van der Waals surface area contributed by atoms with Crippen molar-refractivity contribution in [3.63, 3.8) is 0 Å². The third-order valence-electron chi connectivity index (χ3n) is 3.03. The number of hydrogen-bond acceptors (Lipinski definition) is 4. The number of rotatable bonds is 8. The highest BCUT2D eigenvalue weighted by atomic mass is 32.2. The molecule has 0 heterocycles. The molecule has 1 aromatic carbocycles. The van der Waals surface area contributed by atoms with Crippen LogP contribution in [0.4, 0.5) is 0 Å². The summed E-state index contributed by atoms with van der Waals surface area (Å²) in [7, 11) is 2.14. The molecule has 0 spiro atoms. The fourth-order valence-corrected chi connectivity index (χ4v) is 2.35. The molecule has 0 aliphatic rings. The number of likely N-dealkylation sites (N-methyl/N-ethyl adjacent to an activating group) is 1. The molecule has 1 unspecified atom stereocenters. The molecular weight excluding hydrogens is 244 g/mol. The van der Waals surface area contributed by atoms with Gasteiger partial charge in [0, 0.05) is 24.9 Å². The first-order chi connectivity index (χ1) is 8.67. The summed E-state index contributed by atoms with van der Waals surface area (Å²) in [5.41, 5.74) is 6.68. The van der Waals surface area contributed by atoms with E-state index < -0.39 is 0 Å². The molecule has 3 nitrogen and oxygen atoms in total. The van der Waals surface area contributed by atoms with E-state index in [-0.39, 0.29) is 0 Å². The zero-order valence-electron chi connectivity index (χ0n) is 11.6. The number of benzene rings is 1. The van der Waals surface area contributed by atoms with E-state index in [1.54, 1.807) is 0 Å². The van der Waals surface area contributed by atoms with Crippen molar-refractivity contribution in [3.8, 4) is 5.75 Å². The van der Waals surface area contributed by atoms with E-state index in [0.29, 0.717) is 12.6 Å². The van der Waals surface area contributed by atoms with Gasteiger partial charge in [-0.15, -0.1) is 0 Å². The second-order valence-electron chi connectivity index (χ2n) is 4.48. The van der Waals surface area contributed by atoms with Crippen LogP contribution in [0.2, 0.25) is 0 Å². The molecule has 0 amide bonds. The first kappa shape index (κ1) is 15.3. The van der Waals surface area contributed by atoms with Crippen LogP contribution in [-0.2, 0) is 6.54 Å². The van der Waals surface area contributed by atoms with Crippen LogP contribution >= 0.6 is 11.8 Å². The van der Waals surface area contributed by atoms with Gasteiger partial charge in [0.05, 0.1) is 0 Å². The summed E-state index contributed by atoms with van der Waals surface area (Å²) in [5, 5.41) is 0. The Morgan fingerprint density at radius 3 is 2.56 bits per heavy atom. The fourth-order valence-electron chi connectivity index (χ4n) is 1.62. The summed E-state index contributed by atoms with van der Waals surface area (Å²) in [5.74, 6) is 2.07. The van der Waals surface area contributed by atoms with Crippen molar-refractivity contribution < 1.29 is 4.74 Å². The lowest BCUT2D eigenvalue weighted by molar-refractivity contribution is 0.210. The van der Waals surface area contributed by atoms with E-state index in [4.69, 9.17) is 10.5 Å². The topological polar surface area (TPSA) is 38.5 Å². The smallest absolute Gasteiger partial charge is 0.119 e. The van der Waals surface area contributed by atoms with E-state index in [9.17, 15) is 0 Å². The van der Waals surface area contributed by atoms with E-state index in [1.165, 1.54) is 0 Å². The quantitative estimate of drug-likeness (QED) is 0.784. The summed E-state index contributed by atoms with van der Waals surface area (Å²) in [6, 6.07) is 8.56. The average Bonchev–Trinajstić information content (AvgIpc) is 2.39. The molecule has 18 heavy (non-hydrogen) atoms. The number of nitrogens with zero attached hydrogens (tertiary/aromatic N) is 1. The summed E-state index contributed by atoms with van der Waals surface area (Å²) in [6.45, 7) is 4.49. The Hall–Kier alpha value is -0.710. The first-order valence-corrected chi connectivity index (χ1v) is 7.67. The molecule has 4 heteroatoms. The lowest BCUT2D eigenvalue weighted by atomic mass is 10.2. The van der Waals surface area contributed by atoms with Crippen molar-refractivity contribution in [2.24, 2.45) is 5.73 Å². The fraction of sp³-hybridized carbons (Fsp3) is 0.571. The highest BCUT2D eigenvalue weighted by molar-refractivity contribution is 7.98. The van der Waals surface area contributed by atoms with Gasteiger partial charge in [0.25, 0.3) is 0 Å². The van der Waals surface area contributed by atoms with Gasteiger partial charge in [0.2, 0.25) is 0 Å². The number of hydrogen-bond donors (Lipinski definition) is 1. The van der Waals surface area contributed by atoms with Crippen molar-refractivity contribution in [2.45, 2.75) is 19.5 Å². The van der Waals surface area contributed by atoms with Gasteiger partial charge in [-0.25, -0.2) is 0 Å². The van der Waals surface area contributed by atoms with Crippen molar-refractivity contribution in [1.29, 1.82) is 0 Å². The third-order valence-corrected chi connectivity index (χ3v) is 3.85. The minimum atomic E-state index is 0.579. The van der Waals surface area contributed by atoms with Gasteiger partial charge in [0.15, 0.2) is 0 Å². The highest BCUT2D eigenvalue weighted by Crippen LogP contribution is 2.12. The van der Waals surface area contributed by atoms with Crippen molar-refractivity contribution in [2.75, 3.05) is 32.2 Å². The summed E-state index contributed by atoms with van der Waals surface area (Å²) in [6.07, 6.45) is 2.14. The Balaban J connectivity index is 2.28. The molecule has 1 atom stereocenters. The van der Waals surface area contributed by atoms with E-state index >= 15 is 0 Å². The maximum absolute atomic E-state index is 5.72. The Morgan fingerprint density at radius 1 is 1.33 bits per heavy atom. The summed E-state index contributed by atoms with van der Waals surface area (Å²) in [4.78, 5) is 2.32. The zero-order valence-corrected chi connectivity index (χ0v) is 12.4. The van der Waals surface area contributed by atoms with E-state index in [1.807, 2.05) is 36.0 Å². The van der Waals surface area contributed by atoms with Crippen LogP contribution in [0, 0.1) is 0 Å². The standard InChI is InChI=1S/C14H24N2OS/c1-12(11-18-3)16(2)8-9-17-14-6-4-13(10-15)5-7-14/h4-7,12H,8-11,15H2,1-3H3. The highest BCUT2D eigenvalue weighted by Gasteiger charge is 2.07. The molecule has 0 aliphatic heterocycles. The molecular formula is C14H24N2OS. The molecule has 0 fully saturated rings. The Bertz CT molecular complexity index is 329. The molecule has 1 aromatic rings. The van der Waals surface area contributed by atoms with Crippen LogP contribution in [0.3, 0.4) is 0 Å². The van der Waals surface area contributed by atoms with E-state index in [2.05, 4.69) is 25.1 Å². The van der Waals surface area contributed by atoms with Crippen LogP contribution in [0.15, 0.2) is 24.3 Å². The zero-order chi connectivity index (χ0) is 13.4. The molecule has 0 saturated heterocycles. The predicted molar refractivity (Wildman–Crippen MR) is 80.3 cm³/mol. The predicted octanol–water partition coefficient (Wildman–Crippen LogP) is 2.21. The van der Waals surface area contributed by atoms with Gasteiger partial charge < -0.3 is 10.5 Å². The molecule has 0 radical (unpaired) electrons. The van der Waals surface area contributed by atoms with Gasteiger partial charge in [0.1, 0.15) is 12.4 Å². The minimum Gasteiger partial charge on any atom is -0.492 e. The Morgan fingerprint density at radius 2 is 2.00 bits per heavy atom. The van der Waals surface area contributed by atoms with Crippen LogP contribution in [0.1, 0.15) is 12.5 Å². The number of ether oxygens (including phenoxy) is 1. The molecule has 1 rings (SSSR count). The van der Waals surface area contributed by atoms with Crippen LogP contribution in [-0.4, -0.2) is 43.1 Å². The maximum atomic E-state index is 5.72. The summed E-state index contributed by atoms with van der Waals surface area (Å²) < 4.78 is 5.72. The van der Waals surface area contributed by atoms with Gasteiger partial charge in [-0.05, 0) is 37.9 Å². The van der Waals surface area contributed by atoms with E-state index in [0.717, 1.165) is 30.2 Å². The Labute approximate surface area is 115 Å². The van der Waals surface area contributed by atoms with Gasteiger partial charge >= 0.3 is 0 Å². The van der Waals surface area contributed by atoms with Crippen LogP contribution < -0.4 is 10.5 Å². The largest absolute Gasteiger partial charge is 0.492 e. The second-order valence-corrected chi connectivity index (χ2v) is 5.39. The Kier molecular flexibility index (Phi) is 7.16. The first-order valence-electron chi connectivity index (χ1n) is 6.28. The maximum Gasteiger partial charge on any atom is 0.119 e. The van der Waals surface area contributed by atoms with Crippen molar-refractivity contribution in [1.82, 2.24) is 4.90 Å². The van der Waals surface area contributed by atoms with Gasteiger partial charge in [-0.1, -0.05) is 12.1 Å². The lowest BCUT2D eigenvalue weighted by Gasteiger charge is -2.23. The molecule has 2 N–H and O–H groups in total. The summed E-state index contributed by atoms with van der Waals surface area (Å²) >= 11 is 1.88. The monoisotopic (exact) mass is 268 g/mol. The lowest BCUT2D eigenvalue weighted by Crippen LogP contribution is -2.34. The van der Waals surface area contributed by atoms with Gasteiger partial charge in [-0.3, -0.25) is 4.90 Å². The molecule has 0 saturated carbocycles. The number of nitrogens with two attached hydrogens (primary N) is 1. The normalized spacial score (nSPS) is 12.7. The molecule has 102 valence electrons. The molecule has 0 bridgehead atoms. The SMILES string of the molecule is CSCC(C)N(C)CCOc1ccc(CN)cc1. The third kappa shape index (κ3) is 5.29. The van der Waals surface area contributed by atoms with Crippen LogP contribution in [0.25, 0.3) is 0 Å². The van der Waals surface area contributed by atoms with Gasteiger partial charge in [-0.2, -0.15) is 11.8 Å².